The molecule has 15 heteroatoms. The number of fused-ring (bicyclic) bond motifs is 2. The molecule has 1 unspecified atom stereocenters. The van der Waals surface area contributed by atoms with Crippen LogP contribution in [0.4, 0.5) is 0 Å². The van der Waals surface area contributed by atoms with Gasteiger partial charge in [-0.15, -0.1) is 11.3 Å². The van der Waals surface area contributed by atoms with E-state index in [9.17, 15) is 14.4 Å². The van der Waals surface area contributed by atoms with Gasteiger partial charge in [-0.1, -0.05) is 30.1 Å². The molecule has 3 heterocycles. The molecule has 1 aliphatic carbocycles. The minimum Gasteiger partial charge on any atom is -0.493 e. The molecule has 1 aromatic carbocycles. The summed E-state index contributed by atoms with van der Waals surface area (Å²) in [5.74, 6) is 0.772. The molecule has 2 aromatic heterocycles. The summed E-state index contributed by atoms with van der Waals surface area (Å²) in [5, 5.41) is 25.6. The largest absolute Gasteiger partial charge is 0.493 e. The Morgan fingerprint density at radius 2 is 1.96 bits per heavy atom. The Hall–Kier alpha value is -4.50. The molecule has 2 bridgehead atoms. The second-order valence-electron chi connectivity index (χ2n) is 11.9. The highest BCUT2D eigenvalue weighted by Gasteiger charge is 2.43. The molecule has 2 aliphatic rings. The average Bonchev–Trinajstić information content (AvgIpc) is 3.50. The minimum absolute atomic E-state index is 0.0778. The average molecular weight is 685 g/mol. The lowest BCUT2D eigenvalue weighted by molar-refractivity contribution is -0.135. The molecular formula is C33H44N6O8S. The number of carboxylic acid groups (broad SMARTS) is 1. The molecule has 1 fully saturated rings. The number of rotatable bonds is 8. The van der Waals surface area contributed by atoms with Gasteiger partial charge >= 0.3 is 0 Å². The zero-order valence-corrected chi connectivity index (χ0v) is 28.2. The first-order valence-electron chi connectivity index (χ1n) is 16.0. The van der Waals surface area contributed by atoms with E-state index >= 15 is 0 Å². The first-order chi connectivity index (χ1) is 23.2. The monoisotopic (exact) mass is 684 g/mol. The first kappa shape index (κ1) is 36.3. The molecule has 5 N–H and O–H groups in total. The van der Waals surface area contributed by atoms with Crippen molar-refractivity contribution in [3.8, 4) is 11.5 Å². The molecule has 0 saturated heterocycles. The number of hydrogen-bond donors (Lipinski definition) is 5. The third kappa shape index (κ3) is 11.9. The predicted octanol–water partition coefficient (Wildman–Crippen LogP) is 2.46. The first-order valence-corrected chi connectivity index (χ1v) is 16.9. The molecular weight excluding hydrogens is 640 g/mol. The Morgan fingerprint density at radius 1 is 1.15 bits per heavy atom. The lowest BCUT2D eigenvalue weighted by Gasteiger charge is -2.33. The molecule has 0 radical (unpaired) electrons. The molecule has 48 heavy (non-hydrogen) atoms. The second kappa shape index (κ2) is 18.2. The quantitative estimate of drug-likeness (QED) is 0.234. The number of aliphatic carboxylic acids is 1. The highest BCUT2D eigenvalue weighted by molar-refractivity contribution is 7.09. The van der Waals surface area contributed by atoms with Gasteiger partial charge in [0, 0.05) is 44.3 Å². The van der Waals surface area contributed by atoms with Crippen molar-refractivity contribution < 1.29 is 38.3 Å². The Morgan fingerprint density at radius 3 is 2.69 bits per heavy atom. The fraction of sp³-hybridized carbons (Fsp3) is 0.515. The van der Waals surface area contributed by atoms with Crippen molar-refractivity contribution in [2.24, 2.45) is 11.3 Å². The molecule has 5 rings (SSSR count). The molecule has 1 atom stereocenters. The summed E-state index contributed by atoms with van der Waals surface area (Å²) in [6.07, 6.45) is 4.56. The van der Waals surface area contributed by atoms with Gasteiger partial charge < -0.3 is 40.4 Å². The van der Waals surface area contributed by atoms with E-state index in [0.717, 1.165) is 30.2 Å². The summed E-state index contributed by atoms with van der Waals surface area (Å²) in [7, 11) is 1.54. The van der Waals surface area contributed by atoms with Crippen LogP contribution in [0.15, 0.2) is 40.2 Å². The van der Waals surface area contributed by atoms with E-state index in [1.54, 1.807) is 17.4 Å². The van der Waals surface area contributed by atoms with Crippen LogP contribution in [0, 0.1) is 11.3 Å². The number of thiophene rings is 1. The van der Waals surface area contributed by atoms with Crippen LogP contribution in [-0.2, 0) is 38.6 Å². The van der Waals surface area contributed by atoms with Gasteiger partial charge in [-0.3, -0.25) is 19.2 Å². The molecule has 0 spiro atoms. The van der Waals surface area contributed by atoms with Crippen molar-refractivity contribution in [3.63, 3.8) is 0 Å². The van der Waals surface area contributed by atoms with Gasteiger partial charge in [-0.05, 0) is 60.9 Å². The fourth-order valence-corrected chi connectivity index (χ4v) is 6.06. The molecule has 3 amide bonds. The van der Waals surface area contributed by atoms with E-state index < -0.39 is 11.4 Å². The normalized spacial score (nSPS) is 19.2. The number of methoxy groups -OCH3 is 1. The number of nitrogens with zero attached hydrogens (tertiary/aromatic N) is 2. The van der Waals surface area contributed by atoms with Crippen molar-refractivity contribution in [1.29, 1.82) is 0 Å². The maximum absolute atomic E-state index is 14.1. The van der Waals surface area contributed by atoms with Crippen LogP contribution in [0.5, 0.6) is 11.5 Å². The Bertz CT molecular complexity index is 1510. The number of carbonyl (C=O) groups excluding carboxylic acids is 3. The van der Waals surface area contributed by atoms with Gasteiger partial charge in [0.05, 0.1) is 19.1 Å². The van der Waals surface area contributed by atoms with Crippen molar-refractivity contribution in [1.82, 2.24) is 31.4 Å². The highest BCUT2D eigenvalue weighted by atomic mass is 32.1. The van der Waals surface area contributed by atoms with Gasteiger partial charge in [-0.25, -0.2) is 0 Å². The lowest BCUT2D eigenvalue weighted by atomic mass is 9.75. The lowest BCUT2D eigenvalue weighted by Crippen LogP contribution is -2.50. The number of carbonyl (C=O) groups is 4. The Kier molecular flexibility index (Phi) is 13.7. The molecule has 14 nitrogen and oxygen atoms in total. The summed E-state index contributed by atoms with van der Waals surface area (Å²) in [4.78, 5) is 54.0. The predicted molar refractivity (Wildman–Crippen MR) is 177 cm³/mol. The standard InChI is InChI=1S/C31H40N6O6S.C2H4O2/c1-41-24-9-8-22-14-25(24)42-19-28(39)33-12-11-32-10-2-5-27(38)35-20-31(17-22,16-21-6-7-21)30(40)34-18-29-36-26(37-43-29)15-23-4-3-13-44-23;1-2(3)4/h3-4,8-9,13-14,21,32H,2,5-7,10-12,15-20H2,1H3,(H,33,39)(H,34,40)(H,35,38);1H3,(H,3,4). The number of benzene rings is 1. The van der Waals surface area contributed by atoms with Crippen molar-refractivity contribution in [2.45, 2.75) is 58.4 Å². The number of hydrogen-bond acceptors (Lipinski definition) is 11. The van der Waals surface area contributed by atoms with Crippen LogP contribution in [0.25, 0.3) is 0 Å². The van der Waals surface area contributed by atoms with E-state index in [2.05, 4.69) is 31.4 Å². The van der Waals surface area contributed by atoms with Crippen LogP contribution in [-0.4, -0.2) is 78.8 Å². The zero-order valence-electron chi connectivity index (χ0n) is 27.3. The Balaban J connectivity index is 0.00000123. The summed E-state index contributed by atoms with van der Waals surface area (Å²) in [5.41, 5.74) is -0.114. The molecule has 3 aromatic rings. The van der Waals surface area contributed by atoms with E-state index in [-0.39, 0.29) is 37.4 Å². The van der Waals surface area contributed by atoms with Crippen molar-refractivity contribution in [2.75, 3.05) is 39.9 Å². The SMILES string of the molecule is CC(=O)O.COc1ccc2cc1OCC(=O)NCCNCCCC(=O)NCC(CC1CC1)(C(=O)NCc1nc(Cc3cccs3)no1)C2. The summed E-state index contributed by atoms with van der Waals surface area (Å²) in [6.45, 7) is 2.83. The number of ether oxygens (including phenoxy) is 2. The molecule has 260 valence electrons. The van der Waals surface area contributed by atoms with E-state index in [0.29, 0.717) is 80.9 Å². The molecule has 1 aliphatic heterocycles. The molecule has 1 saturated carbocycles. The van der Waals surface area contributed by atoms with E-state index in [1.165, 1.54) is 7.11 Å². The van der Waals surface area contributed by atoms with Crippen LogP contribution < -0.4 is 30.7 Å². The Labute approximate surface area is 283 Å². The van der Waals surface area contributed by atoms with Gasteiger partial charge in [0.1, 0.15) is 0 Å². The smallest absolute Gasteiger partial charge is 0.300 e. The second-order valence-corrected chi connectivity index (χ2v) is 13.0. The van der Waals surface area contributed by atoms with E-state index in [1.807, 2.05) is 29.6 Å². The zero-order chi connectivity index (χ0) is 34.4. The number of aromatic nitrogens is 2. The number of nitrogens with one attached hydrogen (secondary N) is 4. The third-order valence-electron chi connectivity index (χ3n) is 7.82. The third-order valence-corrected chi connectivity index (χ3v) is 8.69. The van der Waals surface area contributed by atoms with Gasteiger partial charge in [-0.2, -0.15) is 4.98 Å². The maximum atomic E-state index is 14.1. The fourth-order valence-electron chi connectivity index (χ4n) is 5.36. The van der Waals surface area contributed by atoms with Crippen molar-refractivity contribution in [3.05, 3.63) is 57.9 Å². The van der Waals surface area contributed by atoms with Gasteiger partial charge in [0.2, 0.25) is 17.7 Å². The maximum Gasteiger partial charge on any atom is 0.300 e. The van der Waals surface area contributed by atoms with Gasteiger partial charge in [0.15, 0.2) is 23.9 Å². The summed E-state index contributed by atoms with van der Waals surface area (Å²) < 4.78 is 16.8. The topological polar surface area (TPSA) is 194 Å². The van der Waals surface area contributed by atoms with Crippen LogP contribution >= 0.6 is 11.3 Å². The summed E-state index contributed by atoms with van der Waals surface area (Å²) in [6, 6.07) is 9.46. The van der Waals surface area contributed by atoms with Crippen LogP contribution in [0.3, 0.4) is 0 Å². The van der Waals surface area contributed by atoms with Crippen molar-refractivity contribution >= 4 is 35.0 Å². The van der Waals surface area contributed by atoms with E-state index in [4.69, 9.17) is 23.9 Å². The number of carboxylic acids is 1. The summed E-state index contributed by atoms with van der Waals surface area (Å²) >= 11 is 1.62. The van der Waals surface area contributed by atoms with Gasteiger partial charge in [0.25, 0.3) is 11.9 Å². The number of amides is 3. The minimum atomic E-state index is -0.941. The highest BCUT2D eigenvalue weighted by Crippen LogP contribution is 2.43. The van der Waals surface area contributed by atoms with Crippen LogP contribution in [0.1, 0.15) is 61.2 Å². The van der Waals surface area contributed by atoms with Crippen LogP contribution in [0.2, 0.25) is 0 Å².